The fraction of sp³-hybridized carbons (Fsp3) is 0.294. The molecule has 7 nitrogen and oxygen atoms in total. The molecule has 0 unspecified atom stereocenters. The molecule has 24 heavy (non-hydrogen) atoms. The summed E-state index contributed by atoms with van der Waals surface area (Å²) in [6, 6.07) is 12.4. The lowest BCUT2D eigenvalue weighted by Gasteiger charge is -2.31. The summed E-state index contributed by atoms with van der Waals surface area (Å²) in [5.41, 5.74) is 0.787. The van der Waals surface area contributed by atoms with Gasteiger partial charge in [-0.05, 0) is 31.0 Å². The second kappa shape index (κ2) is 7.08. The number of nitrogens with zero attached hydrogens (tertiary/aromatic N) is 3. The number of amides is 1. The van der Waals surface area contributed by atoms with Crippen LogP contribution < -0.4 is 10.2 Å². The summed E-state index contributed by atoms with van der Waals surface area (Å²) >= 11 is 0. The summed E-state index contributed by atoms with van der Waals surface area (Å²) in [7, 11) is 0. The summed E-state index contributed by atoms with van der Waals surface area (Å²) in [5, 5.41) is 14.0. The van der Waals surface area contributed by atoms with Crippen molar-refractivity contribution in [3.63, 3.8) is 0 Å². The maximum Gasteiger partial charge on any atom is 0.311 e. The minimum Gasteiger partial charge on any atom is -0.351 e. The first-order chi connectivity index (χ1) is 11.6. The van der Waals surface area contributed by atoms with Crippen molar-refractivity contribution in [3.05, 3.63) is 58.8 Å². The molecule has 0 saturated carbocycles. The molecule has 1 aliphatic rings. The van der Waals surface area contributed by atoms with Crippen LogP contribution in [-0.2, 0) is 4.79 Å². The summed E-state index contributed by atoms with van der Waals surface area (Å²) in [6.07, 6.45) is 2.84. The molecule has 7 heteroatoms. The molecule has 0 radical (unpaired) electrons. The molecule has 1 aromatic heterocycles. The van der Waals surface area contributed by atoms with Gasteiger partial charge in [-0.1, -0.05) is 18.2 Å². The number of aromatic nitrogens is 1. The summed E-state index contributed by atoms with van der Waals surface area (Å²) in [4.78, 5) is 29.1. The third kappa shape index (κ3) is 3.51. The van der Waals surface area contributed by atoms with Gasteiger partial charge in [0.15, 0.2) is 0 Å². The van der Waals surface area contributed by atoms with Gasteiger partial charge in [0.05, 0.1) is 4.92 Å². The maximum atomic E-state index is 12.3. The predicted octanol–water partition coefficient (Wildman–Crippen LogP) is 2.84. The standard InChI is InChI=1S/C17H18N4O3/c22-17(19-14-5-2-1-3-6-14)13-8-11-20(12-9-13)16-15(21(23)24)7-4-10-18-16/h1-7,10,13H,8-9,11-12H2,(H,19,22). The Labute approximate surface area is 139 Å². The van der Waals surface area contributed by atoms with Gasteiger partial charge in [-0.15, -0.1) is 0 Å². The van der Waals surface area contributed by atoms with E-state index in [1.54, 1.807) is 12.3 Å². The topological polar surface area (TPSA) is 88.4 Å². The van der Waals surface area contributed by atoms with E-state index in [4.69, 9.17) is 0 Å². The minimum absolute atomic E-state index is 0.00336. The number of nitro groups is 1. The lowest BCUT2D eigenvalue weighted by Crippen LogP contribution is -2.38. The van der Waals surface area contributed by atoms with Gasteiger partial charge in [0.2, 0.25) is 11.7 Å². The molecule has 0 atom stereocenters. The highest BCUT2D eigenvalue weighted by Crippen LogP contribution is 2.29. The molecule has 1 N–H and O–H groups in total. The zero-order valence-electron chi connectivity index (χ0n) is 13.1. The van der Waals surface area contributed by atoms with Crippen molar-refractivity contribution in [2.45, 2.75) is 12.8 Å². The Bertz CT molecular complexity index is 728. The van der Waals surface area contributed by atoms with Gasteiger partial charge in [0.1, 0.15) is 0 Å². The van der Waals surface area contributed by atoms with E-state index in [0.29, 0.717) is 31.7 Å². The Morgan fingerprint density at radius 1 is 1.17 bits per heavy atom. The molecule has 124 valence electrons. The van der Waals surface area contributed by atoms with E-state index in [1.807, 2.05) is 35.2 Å². The van der Waals surface area contributed by atoms with E-state index in [-0.39, 0.29) is 17.5 Å². The normalized spacial score (nSPS) is 15.1. The van der Waals surface area contributed by atoms with Crippen molar-refractivity contribution in [2.75, 3.05) is 23.3 Å². The lowest BCUT2D eigenvalue weighted by atomic mass is 9.95. The van der Waals surface area contributed by atoms with Crippen LogP contribution in [0.25, 0.3) is 0 Å². The van der Waals surface area contributed by atoms with Crippen LogP contribution in [0.2, 0.25) is 0 Å². The third-order valence-corrected chi connectivity index (χ3v) is 4.17. The minimum atomic E-state index is -0.420. The van der Waals surface area contributed by atoms with Gasteiger partial charge in [-0.3, -0.25) is 14.9 Å². The number of anilines is 2. The summed E-state index contributed by atoms with van der Waals surface area (Å²) in [6.45, 7) is 1.15. The van der Waals surface area contributed by atoms with Gasteiger partial charge in [-0.25, -0.2) is 4.98 Å². The predicted molar refractivity (Wildman–Crippen MR) is 90.9 cm³/mol. The van der Waals surface area contributed by atoms with Crippen LogP contribution in [0.15, 0.2) is 48.7 Å². The zero-order valence-corrected chi connectivity index (χ0v) is 13.1. The zero-order chi connectivity index (χ0) is 16.9. The van der Waals surface area contributed by atoms with Crippen molar-refractivity contribution in [2.24, 2.45) is 5.92 Å². The number of benzene rings is 1. The molecule has 0 spiro atoms. The number of hydrogen-bond donors (Lipinski definition) is 1. The molecule has 2 heterocycles. The van der Waals surface area contributed by atoms with Crippen molar-refractivity contribution in [3.8, 4) is 0 Å². The Hall–Kier alpha value is -2.96. The molecule has 0 aliphatic carbocycles. The van der Waals surface area contributed by atoms with Crippen LogP contribution in [0.3, 0.4) is 0 Å². The highest BCUT2D eigenvalue weighted by Gasteiger charge is 2.28. The molecular formula is C17H18N4O3. The number of piperidine rings is 1. The number of para-hydroxylation sites is 1. The second-order valence-electron chi connectivity index (χ2n) is 5.72. The average molecular weight is 326 g/mol. The molecule has 1 saturated heterocycles. The van der Waals surface area contributed by atoms with Crippen molar-refractivity contribution in [1.29, 1.82) is 0 Å². The van der Waals surface area contributed by atoms with Crippen molar-refractivity contribution in [1.82, 2.24) is 4.98 Å². The van der Waals surface area contributed by atoms with Crippen LogP contribution in [0.5, 0.6) is 0 Å². The second-order valence-corrected chi connectivity index (χ2v) is 5.72. The van der Waals surface area contributed by atoms with Gasteiger partial charge in [0.25, 0.3) is 0 Å². The van der Waals surface area contributed by atoms with Gasteiger partial charge in [0, 0.05) is 37.0 Å². The Kier molecular flexibility index (Phi) is 4.69. The Morgan fingerprint density at radius 2 is 1.88 bits per heavy atom. The third-order valence-electron chi connectivity index (χ3n) is 4.17. The molecule has 3 rings (SSSR count). The van der Waals surface area contributed by atoms with Gasteiger partial charge < -0.3 is 10.2 Å². The largest absolute Gasteiger partial charge is 0.351 e. The summed E-state index contributed by atoms with van der Waals surface area (Å²) in [5.74, 6) is 0.282. The van der Waals surface area contributed by atoms with E-state index in [0.717, 1.165) is 5.69 Å². The Morgan fingerprint density at radius 3 is 2.54 bits per heavy atom. The molecule has 1 aromatic carbocycles. The van der Waals surface area contributed by atoms with E-state index in [9.17, 15) is 14.9 Å². The highest BCUT2D eigenvalue weighted by molar-refractivity contribution is 5.92. The molecule has 1 amide bonds. The van der Waals surface area contributed by atoms with Crippen LogP contribution >= 0.6 is 0 Å². The molecule has 1 fully saturated rings. The molecule has 0 bridgehead atoms. The average Bonchev–Trinajstić information content (AvgIpc) is 2.62. The highest BCUT2D eigenvalue weighted by atomic mass is 16.6. The van der Waals surface area contributed by atoms with Crippen LogP contribution in [0.1, 0.15) is 12.8 Å². The molecular weight excluding hydrogens is 308 g/mol. The van der Waals surface area contributed by atoms with Crippen LogP contribution in [-0.4, -0.2) is 28.9 Å². The van der Waals surface area contributed by atoms with Crippen molar-refractivity contribution >= 4 is 23.1 Å². The monoisotopic (exact) mass is 326 g/mol. The van der Waals surface area contributed by atoms with Gasteiger partial charge in [-0.2, -0.15) is 0 Å². The van der Waals surface area contributed by atoms with Crippen molar-refractivity contribution < 1.29 is 9.72 Å². The fourth-order valence-corrected chi connectivity index (χ4v) is 2.89. The number of pyridine rings is 1. The maximum absolute atomic E-state index is 12.3. The number of hydrogen-bond acceptors (Lipinski definition) is 5. The number of carbonyl (C=O) groups is 1. The number of rotatable bonds is 4. The summed E-state index contributed by atoms with van der Waals surface area (Å²) < 4.78 is 0. The fourth-order valence-electron chi connectivity index (χ4n) is 2.89. The van der Waals surface area contributed by atoms with E-state index >= 15 is 0 Å². The smallest absolute Gasteiger partial charge is 0.311 e. The quantitative estimate of drug-likeness (QED) is 0.689. The number of nitrogens with one attached hydrogen (secondary N) is 1. The first-order valence-corrected chi connectivity index (χ1v) is 7.85. The lowest BCUT2D eigenvalue weighted by molar-refractivity contribution is -0.384. The van der Waals surface area contributed by atoms with E-state index in [1.165, 1.54) is 6.07 Å². The van der Waals surface area contributed by atoms with Crippen LogP contribution in [0, 0.1) is 16.0 Å². The number of carbonyl (C=O) groups excluding carboxylic acids is 1. The van der Waals surface area contributed by atoms with E-state index < -0.39 is 4.92 Å². The molecule has 2 aromatic rings. The van der Waals surface area contributed by atoms with Gasteiger partial charge >= 0.3 is 5.69 Å². The SMILES string of the molecule is O=C(Nc1ccccc1)C1CCN(c2ncccc2[N+](=O)[O-])CC1. The molecule has 1 aliphatic heterocycles. The van der Waals surface area contributed by atoms with Crippen LogP contribution in [0.4, 0.5) is 17.2 Å². The van der Waals surface area contributed by atoms with E-state index in [2.05, 4.69) is 10.3 Å². The Balaban J connectivity index is 1.62. The first-order valence-electron chi connectivity index (χ1n) is 7.85. The first kappa shape index (κ1) is 15.9.